The summed E-state index contributed by atoms with van der Waals surface area (Å²) in [5.74, 6) is 0.455. The molecule has 2 heterocycles. The highest BCUT2D eigenvalue weighted by molar-refractivity contribution is 5.95. The number of benzene rings is 2. The Bertz CT molecular complexity index is 965. The minimum absolute atomic E-state index is 0.155. The van der Waals surface area contributed by atoms with Gasteiger partial charge in [0.15, 0.2) is 5.82 Å². The fourth-order valence-electron chi connectivity index (χ4n) is 3.85. The molecule has 0 amide bonds. The highest BCUT2D eigenvalue weighted by Crippen LogP contribution is 2.32. The molecule has 1 aliphatic heterocycles. The second-order valence-electron chi connectivity index (χ2n) is 7.21. The number of aromatic carboxylic acids is 1. The van der Waals surface area contributed by atoms with Gasteiger partial charge in [0.2, 0.25) is 5.89 Å². The number of aromatic nitrogens is 2. The van der Waals surface area contributed by atoms with Crippen molar-refractivity contribution in [3.8, 4) is 11.1 Å². The van der Waals surface area contributed by atoms with Gasteiger partial charge >= 0.3 is 5.97 Å². The molecule has 0 bridgehead atoms. The molecule has 0 saturated carbocycles. The van der Waals surface area contributed by atoms with E-state index in [1.807, 2.05) is 31.2 Å². The van der Waals surface area contributed by atoms with Crippen LogP contribution in [0, 0.1) is 6.92 Å². The Morgan fingerprint density at radius 3 is 2.68 bits per heavy atom. The largest absolute Gasteiger partial charge is 0.478 e. The van der Waals surface area contributed by atoms with Gasteiger partial charge in [0.25, 0.3) is 0 Å². The maximum Gasteiger partial charge on any atom is 0.336 e. The van der Waals surface area contributed by atoms with Gasteiger partial charge in [0, 0.05) is 6.54 Å². The first kappa shape index (κ1) is 18.4. The van der Waals surface area contributed by atoms with Gasteiger partial charge in [-0.05, 0) is 49.1 Å². The average molecular weight is 377 g/mol. The summed E-state index contributed by atoms with van der Waals surface area (Å²) in [6, 6.07) is 15.4. The first-order valence-electron chi connectivity index (χ1n) is 9.58. The van der Waals surface area contributed by atoms with Crippen LogP contribution < -0.4 is 0 Å². The molecule has 1 saturated heterocycles. The summed E-state index contributed by atoms with van der Waals surface area (Å²) < 4.78 is 5.43. The number of hydrogen-bond donors (Lipinski definition) is 1. The summed E-state index contributed by atoms with van der Waals surface area (Å²) in [6.07, 6.45) is 3.34. The van der Waals surface area contributed by atoms with Crippen molar-refractivity contribution in [3.63, 3.8) is 0 Å². The Labute approximate surface area is 163 Å². The average Bonchev–Trinajstić information content (AvgIpc) is 3.15. The van der Waals surface area contributed by atoms with E-state index in [0.717, 1.165) is 43.5 Å². The van der Waals surface area contributed by atoms with Gasteiger partial charge in [-0.3, -0.25) is 4.90 Å². The van der Waals surface area contributed by atoms with E-state index in [-0.39, 0.29) is 6.04 Å². The van der Waals surface area contributed by atoms with Gasteiger partial charge in [-0.2, -0.15) is 4.98 Å². The van der Waals surface area contributed by atoms with Crippen molar-refractivity contribution in [1.29, 1.82) is 0 Å². The van der Waals surface area contributed by atoms with Crippen molar-refractivity contribution in [2.45, 2.75) is 38.8 Å². The fourth-order valence-corrected chi connectivity index (χ4v) is 3.85. The van der Waals surface area contributed by atoms with Crippen molar-refractivity contribution in [3.05, 3.63) is 71.4 Å². The maximum absolute atomic E-state index is 11.5. The van der Waals surface area contributed by atoms with Gasteiger partial charge < -0.3 is 9.63 Å². The SMILES string of the molecule is Cc1noc([C@@H]2CCCCN2Cc2ccc(-c3ccccc3C(=O)O)cc2)n1. The molecule has 4 rings (SSSR count). The summed E-state index contributed by atoms with van der Waals surface area (Å²) in [5.41, 5.74) is 3.14. The number of carbonyl (C=O) groups is 1. The third-order valence-electron chi connectivity index (χ3n) is 5.25. The van der Waals surface area contributed by atoms with E-state index < -0.39 is 5.97 Å². The third kappa shape index (κ3) is 3.82. The van der Waals surface area contributed by atoms with Gasteiger partial charge in [-0.1, -0.05) is 54.0 Å². The van der Waals surface area contributed by atoms with E-state index in [1.165, 1.54) is 5.56 Å². The lowest BCUT2D eigenvalue weighted by Crippen LogP contribution is -2.33. The van der Waals surface area contributed by atoms with E-state index >= 15 is 0 Å². The van der Waals surface area contributed by atoms with Gasteiger partial charge in [0.1, 0.15) is 0 Å². The minimum atomic E-state index is -0.911. The Kier molecular flexibility index (Phi) is 5.21. The first-order valence-corrected chi connectivity index (χ1v) is 9.58. The number of rotatable bonds is 5. The van der Waals surface area contributed by atoms with E-state index in [0.29, 0.717) is 17.3 Å². The third-order valence-corrected chi connectivity index (χ3v) is 5.25. The molecule has 28 heavy (non-hydrogen) atoms. The minimum Gasteiger partial charge on any atom is -0.478 e. The summed E-state index contributed by atoms with van der Waals surface area (Å²) in [7, 11) is 0. The maximum atomic E-state index is 11.5. The van der Waals surface area contributed by atoms with E-state index in [1.54, 1.807) is 12.1 Å². The van der Waals surface area contributed by atoms with Gasteiger partial charge in [-0.15, -0.1) is 0 Å². The lowest BCUT2D eigenvalue weighted by molar-refractivity contribution is 0.0697. The Balaban J connectivity index is 1.53. The number of piperidine rings is 1. The summed E-state index contributed by atoms with van der Waals surface area (Å²) >= 11 is 0. The zero-order chi connectivity index (χ0) is 19.5. The van der Waals surface area contributed by atoms with Crippen LogP contribution in [0.3, 0.4) is 0 Å². The Hall–Kier alpha value is -2.99. The van der Waals surface area contributed by atoms with Crippen molar-refractivity contribution < 1.29 is 14.4 Å². The van der Waals surface area contributed by atoms with E-state index in [2.05, 4.69) is 27.2 Å². The summed E-state index contributed by atoms with van der Waals surface area (Å²) in [5, 5.41) is 13.4. The van der Waals surface area contributed by atoms with Crippen molar-refractivity contribution in [2.24, 2.45) is 0 Å². The molecule has 1 atom stereocenters. The monoisotopic (exact) mass is 377 g/mol. The van der Waals surface area contributed by atoms with Crippen LogP contribution in [-0.4, -0.2) is 32.7 Å². The van der Waals surface area contributed by atoms with Crippen LogP contribution in [0.15, 0.2) is 53.1 Å². The molecule has 6 heteroatoms. The molecule has 1 aromatic heterocycles. The Morgan fingerprint density at radius 1 is 1.18 bits per heavy atom. The number of likely N-dealkylation sites (tertiary alicyclic amines) is 1. The molecule has 1 fully saturated rings. The molecule has 144 valence electrons. The molecular weight excluding hydrogens is 354 g/mol. The molecule has 6 nitrogen and oxygen atoms in total. The zero-order valence-electron chi connectivity index (χ0n) is 15.8. The van der Waals surface area contributed by atoms with Crippen LogP contribution in [0.4, 0.5) is 0 Å². The molecule has 0 radical (unpaired) electrons. The molecule has 0 aliphatic carbocycles. The normalized spacial score (nSPS) is 17.5. The molecular formula is C22H23N3O3. The predicted molar refractivity (Wildman–Crippen MR) is 105 cm³/mol. The van der Waals surface area contributed by atoms with Crippen LogP contribution in [0.2, 0.25) is 0 Å². The zero-order valence-corrected chi connectivity index (χ0v) is 15.8. The predicted octanol–water partition coefficient (Wildman–Crippen LogP) is 4.47. The smallest absolute Gasteiger partial charge is 0.336 e. The molecule has 0 spiro atoms. The first-order chi connectivity index (χ1) is 13.6. The molecule has 3 aromatic rings. The second-order valence-corrected chi connectivity index (χ2v) is 7.21. The highest BCUT2D eigenvalue weighted by atomic mass is 16.5. The van der Waals surface area contributed by atoms with Crippen LogP contribution in [-0.2, 0) is 6.54 Å². The number of hydrogen-bond acceptors (Lipinski definition) is 5. The molecule has 1 aliphatic rings. The quantitative estimate of drug-likeness (QED) is 0.707. The van der Waals surface area contributed by atoms with Crippen molar-refractivity contribution >= 4 is 5.97 Å². The lowest BCUT2D eigenvalue weighted by Gasteiger charge is -2.33. The summed E-state index contributed by atoms with van der Waals surface area (Å²) in [4.78, 5) is 18.3. The van der Waals surface area contributed by atoms with Crippen molar-refractivity contribution in [2.75, 3.05) is 6.54 Å². The van der Waals surface area contributed by atoms with Gasteiger partial charge in [-0.25, -0.2) is 4.79 Å². The van der Waals surface area contributed by atoms with Crippen LogP contribution >= 0.6 is 0 Å². The van der Waals surface area contributed by atoms with Crippen molar-refractivity contribution in [1.82, 2.24) is 15.0 Å². The van der Waals surface area contributed by atoms with Crippen LogP contribution in [0.1, 0.15) is 52.9 Å². The fraction of sp³-hybridized carbons (Fsp3) is 0.318. The standard InChI is InChI=1S/C22H23N3O3/c1-15-23-21(28-24-15)20-8-4-5-13-25(20)14-16-9-11-17(12-10-16)18-6-2-3-7-19(18)22(26)27/h2-3,6-7,9-12,20H,4-5,8,13-14H2,1H3,(H,26,27)/t20-/m0/s1. The van der Waals surface area contributed by atoms with Gasteiger partial charge in [0.05, 0.1) is 11.6 Å². The number of aryl methyl sites for hydroxylation is 1. The van der Waals surface area contributed by atoms with Crippen LogP contribution in [0.25, 0.3) is 11.1 Å². The lowest BCUT2D eigenvalue weighted by atomic mass is 9.97. The number of carboxylic acids is 1. The number of nitrogens with zero attached hydrogens (tertiary/aromatic N) is 3. The second kappa shape index (κ2) is 7.94. The summed E-state index contributed by atoms with van der Waals surface area (Å²) in [6.45, 7) is 3.64. The topological polar surface area (TPSA) is 79.5 Å². The van der Waals surface area contributed by atoms with E-state index in [9.17, 15) is 9.90 Å². The molecule has 0 unspecified atom stereocenters. The number of carboxylic acid groups (broad SMARTS) is 1. The molecule has 1 N–H and O–H groups in total. The van der Waals surface area contributed by atoms with E-state index in [4.69, 9.17) is 4.52 Å². The highest BCUT2D eigenvalue weighted by Gasteiger charge is 2.28. The van der Waals surface area contributed by atoms with Crippen LogP contribution in [0.5, 0.6) is 0 Å². The molecule has 2 aromatic carbocycles. The Morgan fingerprint density at radius 2 is 1.96 bits per heavy atom.